The summed E-state index contributed by atoms with van der Waals surface area (Å²) in [4.78, 5) is 0. The molecule has 1 fully saturated rings. The monoisotopic (exact) mass is 125 g/mol. The van der Waals surface area contributed by atoms with E-state index in [1.807, 2.05) is 0 Å². The molecule has 0 N–H and O–H groups in total. The minimum absolute atomic E-state index is 0.915. The maximum atomic E-state index is 2.43. The fraction of sp³-hybridized carbons (Fsp3) is 0.889. The summed E-state index contributed by atoms with van der Waals surface area (Å²) in [6.45, 7) is 4.69. The maximum Gasteiger partial charge on any atom is -0.0386 e. The van der Waals surface area contributed by atoms with E-state index in [9.17, 15) is 0 Å². The van der Waals surface area contributed by atoms with Crippen molar-refractivity contribution in [3.05, 3.63) is 6.42 Å². The van der Waals surface area contributed by atoms with E-state index in [1.54, 1.807) is 0 Å². The molecule has 0 heteroatoms. The standard InChI is InChI=1S/C9H17/c1-8(2)9-6-4-3-5-7-9/h3,8-9H,4-7H2,1-2H3. The zero-order chi connectivity index (χ0) is 6.69. The lowest BCUT2D eigenvalue weighted by Gasteiger charge is -2.24. The van der Waals surface area contributed by atoms with Crippen molar-refractivity contribution in [3.63, 3.8) is 0 Å². The molecule has 1 aliphatic carbocycles. The van der Waals surface area contributed by atoms with Gasteiger partial charge in [0.25, 0.3) is 0 Å². The Kier molecular flexibility index (Phi) is 2.56. The molecular weight excluding hydrogens is 108 g/mol. The van der Waals surface area contributed by atoms with Crippen LogP contribution in [0.1, 0.15) is 39.5 Å². The van der Waals surface area contributed by atoms with Crippen LogP contribution in [-0.2, 0) is 0 Å². The molecule has 0 unspecified atom stereocenters. The van der Waals surface area contributed by atoms with Crippen molar-refractivity contribution in [1.82, 2.24) is 0 Å². The highest BCUT2D eigenvalue weighted by Gasteiger charge is 2.15. The van der Waals surface area contributed by atoms with Crippen molar-refractivity contribution in [1.29, 1.82) is 0 Å². The average molecular weight is 125 g/mol. The highest BCUT2D eigenvalue weighted by molar-refractivity contribution is 4.77. The minimum atomic E-state index is 0.915. The highest BCUT2D eigenvalue weighted by Crippen LogP contribution is 2.28. The SMILES string of the molecule is CC(C)C1CC[CH]CC1. The molecule has 0 aliphatic heterocycles. The normalized spacial score (nSPS) is 23.0. The number of hydrogen-bond acceptors (Lipinski definition) is 0. The summed E-state index contributed by atoms with van der Waals surface area (Å²) in [5.41, 5.74) is 0. The number of hydrogen-bond donors (Lipinski definition) is 0. The molecule has 0 nitrogen and oxygen atoms in total. The van der Waals surface area contributed by atoms with Crippen LogP contribution >= 0.6 is 0 Å². The molecule has 0 amide bonds. The summed E-state index contributed by atoms with van der Waals surface area (Å²) in [7, 11) is 0. The van der Waals surface area contributed by atoms with E-state index < -0.39 is 0 Å². The maximum absolute atomic E-state index is 2.43. The molecule has 0 aromatic heterocycles. The third-order valence-electron chi connectivity index (χ3n) is 2.43. The van der Waals surface area contributed by atoms with Gasteiger partial charge in [0.2, 0.25) is 0 Å². The van der Waals surface area contributed by atoms with Crippen LogP contribution in [0, 0.1) is 18.3 Å². The summed E-state index contributed by atoms with van der Waals surface area (Å²) in [5, 5.41) is 0. The molecule has 1 radical (unpaired) electrons. The van der Waals surface area contributed by atoms with Gasteiger partial charge in [0.15, 0.2) is 0 Å². The van der Waals surface area contributed by atoms with E-state index in [4.69, 9.17) is 0 Å². The van der Waals surface area contributed by atoms with Crippen LogP contribution in [-0.4, -0.2) is 0 Å². The number of rotatable bonds is 1. The molecule has 0 aromatic carbocycles. The van der Waals surface area contributed by atoms with Crippen molar-refractivity contribution < 1.29 is 0 Å². The van der Waals surface area contributed by atoms with Gasteiger partial charge in [-0.05, 0) is 43.9 Å². The van der Waals surface area contributed by atoms with Crippen molar-refractivity contribution in [3.8, 4) is 0 Å². The van der Waals surface area contributed by atoms with E-state index in [2.05, 4.69) is 20.3 Å². The van der Waals surface area contributed by atoms with Crippen molar-refractivity contribution in [2.45, 2.75) is 39.5 Å². The van der Waals surface area contributed by atoms with Crippen LogP contribution in [0.3, 0.4) is 0 Å². The van der Waals surface area contributed by atoms with Gasteiger partial charge in [0.1, 0.15) is 0 Å². The predicted octanol–water partition coefficient (Wildman–Crippen LogP) is 3.04. The first kappa shape index (κ1) is 7.11. The van der Waals surface area contributed by atoms with Crippen LogP contribution in [0.15, 0.2) is 0 Å². The first-order valence-corrected chi connectivity index (χ1v) is 4.12. The summed E-state index contributed by atoms with van der Waals surface area (Å²) >= 11 is 0. The molecule has 1 rings (SSSR count). The first-order valence-electron chi connectivity index (χ1n) is 4.12. The molecule has 9 heavy (non-hydrogen) atoms. The third kappa shape index (κ3) is 2.00. The Morgan fingerprint density at radius 1 is 1.22 bits per heavy atom. The Morgan fingerprint density at radius 3 is 2.11 bits per heavy atom. The molecule has 1 aliphatic rings. The molecule has 1 saturated carbocycles. The fourth-order valence-corrected chi connectivity index (χ4v) is 1.62. The molecule has 0 saturated heterocycles. The average Bonchev–Trinajstić information content (AvgIpc) is 1.90. The van der Waals surface area contributed by atoms with Crippen LogP contribution < -0.4 is 0 Å². The summed E-state index contributed by atoms with van der Waals surface area (Å²) < 4.78 is 0. The molecular formula is C9H17. The third-order valence-corrected chi connectivity index (χ3v) is 2.43. The second-order valence-corrected chi connectivity index (χ2v) is 3.45. The summed E-state index contributed by atoms with van der Waals surface area (Å²) in [6, 6.07) is 0. The van der Waals surface area contributed by atoms with Crippen LogP contribution in [0.5, 0.6) is 0 Å². The van der Waals surface area contributed by atoms with Gasteiger partial charge in [-0.25, -0.2) is 0 Å². The Labute approximate surface area is 58.7 Å². The summed E-state index contributed by atoms with van der Waals surface area (Å²) in [6.07, 6.45) is 8.04. The van der Waals surface area contributed by atoms with Gasteiger partial charge >= 0.3 is 0 Å². The van der Waals surface area contributed by atoms with Gasteiger partial charge < -0.3 is 0 Å². The van der Waals surface area contributed by atoms with Crippen LogP contribution in [0.25, 0.3) is 0 Å². The van der Waals surface area contributed by atoms with E-state index in [-0.39, 0.29) is 0 Å². The molecule has 0 atom stereocenters. The smallest absolute Gasteiger partial charge is 0.0386 e. The lowest BCUT2D eigenvalue weighted by atomic mass is 9.82. The molecule has 0 bridgehead atoms. The minimum Gasteiger partial charge on any atom is -0.0625 e. The second-order valence-electron chi connectivity index (χ2n) is 3.45. The Bertz CT molecular complexity index is 68.1. The quantitative estimate of drug-likeness (QED) is 0.505. The second kappa shape index (κ2) is 3.24. The highest BCUT2D eigenvalue weighted by atomic mass is 14.2. The van der Waals surface area contributed by atoms with Crippen molar-refractivity contribution >= 4 is 0 Å². The lowest BCUT2D eigenvalue weighted by molar-refractivity contribution is 0.308. The van der Waals surface area contributed by atoms with Crippen LogP contribution in [0.2, 0.25) is 0 Å². The Hall–Kier alpha value is 0. The largest absolute Gasteiger partial charge is 0.0625 e. The topological polar surface area (TPSA) is 0 Å². The zero-order valence-electron chi connectivity index (χ0n) is 6.56. The summed E-state index contributed by atoms with van der Waals surface area (Å²) in [5.74, 6) is 1.94. The first-order chi connectivity index (χ1) is 4.30. The lowest BCUT2D eigenvalue weighted by Crippen LogP contribution is -2.12. The zero-order valence-corrected chi connectivity index (χ0v) is 6.56. The Morgan fingerprint density at radius 2 is 1.78 bits per heavy atom. The molecule has 0 spiro atoms. The van der Waals surface area contributed by atoms with Gasteiger partial charge in [0, 0.05) is 0 Å². The molecule has 0 aromatic rings. The van der Waals surface area contributed by atoms with E-state index in [0.29, 0.717) is 0 Å². The molecule has 53 valence electrons. The predicted molar refractivity (Wildman–Crippen MR) is 41.1 cm³/mol. The van der Waals surface area contributed by atoms with Gasteiger partial charge in [0.05, 0.1) is 0 Å². The van der Waals surface area contributed by atoms with E-state index >= 15 is 0 Å². The molecule has 0 heterocycles. The van der Waals surface area contributed by atoms with Gasteiger partial charge in [-0.15, -0.1) is 0 Å². The van der Waals surface area contributed by atoms with Crippen molar-refractivity contribution in [2.75, 3.05) is 0 Å². The Balaban J connectivity index is 2.23. The van der Waals surface area contributed by atoms with Crippen molar-refractivity contribution in [2.24, 2.45) is 11.8 Å². The van der Waals surface area contributed by atoms with E-state index in [0.717, 1.165) is 11.8 Å². The van der Waals surface area contributed by atoms with Gasteiger partial charge in [-0.1, -0.05) is 13.8 Å². The van der Waals surface area contributed by atoms with Crippen LogP contribution in [0.4, 0.5) is 0 Å². The fourth-order valence-electron chi connectivity index (χ4n) is 1.62. The van der Waals surface area contributed by atoms with Gasteiger partial charge in [-0.3, -0.25) is 0 Å². The van der Waals surface area contributed by atoms with E-state index in [1.165, 1.54) is 25.7 Å². The van der Waals surface area contributed by atoms with Gasteiger partial charge in [-0.2, -0.15) is 0 Å².